The van der Waals surface area contributed by atoms with Gasteiger partial charge in [-0.3, -0.25) is 4.79 Å². The molecule has 2 heterocycles. The second kappa shape index (κ2) is 5.19. The van der Waals surface area contributed by atoms with Crippen LogP contribution < -0.4 is 5.32 Å². The Morgan fingerprint density at radius 2 is 1.73 bits per heavy atom. The largest absolute Gasteiger partial charge is 0.456 e. The van der Waals surface area contributed by atoms with Gasteiger partial charge < -0.3 is 9.73 Å². The summed E-state index contributed by atoms with van der Waals surface area (Å²) in [6, 6.07) is 20.0. The van der Waals surface area contributed by atoms with Crippen LogP contribution in [0.15, 0.2) is 70.8 Å². The van der Waals surface area contributed by atoms with Crippen LogP contribution in [-0.4, -0.2) is 5.91 Å². The molecule has 1 N–H and O–H groups in total. The Labute approximate surface area is 128 Å². The number of nitrogens with one attached hydrogen (secondary N) is 1. The maximum absolute atomic E-state index is 11.6. The summed E-state index contributed by atoms with van der Waals surface area (Å²) in [4.78, 5) is 11.6. The first-order chi connectivity index (χ1) is 10.8. The Balaban J connectivity index is 1.93. The van der Waals surface area contributed by atoms with Gasteiger partial charge >= 0.3 is 0 Å². The third-order valence-corrected chi connectivity index (χ3v) is 3.93. The van der Waals surface area contributed by atoms with E-state index in [0.717, 1.165) is 40.0 Å². The van der Waals surface area contributed by atoms with E-state index in [4.69, 9.17) is 4.42 Å². The number of allylic oxidation sites excluding steroid dienone is 1. The molecule has 1 fully saturated rings. The zero-order valence-corrected chi connectivity index (χ0v) is 12.0. The van der Waals surface area contributed by atoms with Crippen LogP contribution in [0.3, 0.4) is 0 Å². The first-order valence-corrected chi connectivity index (χ1v) is 7.38. The highest BCUT2D eigenvalue weighted by molar-refractivity contribution is 5.91. The highest BCUT2D eigenvalue weighted by atomic mass is 16.3. The third kappa shape index (κ3) is 2.21. The third-order valence-electron chi connectivity index (χ3n) is 3.93. The van der Waals surface area contributed by atoms with Crippen LogP contribution in [0.2, 0.25) is 0 Å². The number of benzene rings is 2. The molecule has 1 aliphatic heterocycles. The summed E-state index contributed by atoms with van der Waals surface area (Å²) < 4.78 is 6.02. The van der Waals surface area contributed by atoms with E-state index >= 15 is 0 Å². The molecule has 3 aromatic rings. The molecule has 0 unspecified atom stereocenters. The van der Waals surface area contributed by atoms with E-state index in [0.29, 0.717) is 6.42 Å². The molecule has 0 bridgehead atoms. The van der Waals surface area contributed by atoms with Gasteiger partial charge in [0, 0.05) is 23.1 Å². The van der Waals surface area contributed by atoms with E-state index < -0.39 is 0 Å². The smallest absolute Gasteiger partial charge is 0.224 e. The maximum Gasteiger partial charge on any atom is 0.224 e. The summed E-state index contributed by atoms with van der Waals surface area (Å²) in [5, 5.41) is 4.04. The predicted molar refractivity (Wildman–Crippen MR) is 86.1 cm³/mol. The monoisotopic (exact) mass is 289 g/mol. The topological polar surface area (TPSA) is 42.2 Å². The Kier molecular flexibility index (Phi) is 3.04. The Morgan fingerprint density at radius 1 is 0.955 bits per heavy atom. The van der Waals surface area contributed by atoms with Gasteiger partial charge in [-0.05, 0) is 24.1 Å². The second-order valence-electron chi connectivity index (χ2n) is 5.42. The number of hydrogen-bond donors (Lipinski definition) is 1. The molecule has 0 aliphatic carbocycles. The summed E-state index contributed by atoms with van der Waals surface area (Å²) in [6.07, 6.45) is 1.26. The number of furan rings is 1. The van der Waals surface area contributed by atoms with Crippen molar-refractivity contribution in [3.63, 3.8) is 0 Å². The minimum Gasteiger partial charge on any atom is -0.456 e. The lowest BCUT2D eigenvalue weighted by Gasteiger charge is -2.09. The van der Waals surface area contributed by atoms with E-state index in [-0.39, 0.29) is 5.91 Å². The minimum absolute atomic E-state index is 0.0690. The van der Waals surface area contributed by atoms with Crippen molar-refractivity contribution in [3.8, 4) is 0 Å². The second-order valence-corrected chi connectivity index (χ2v) is 5.42. The fourth-order valence-corrected chi connectivity index (χ4v) is 2.89. The van der Waals surface area contributed by atoms with Crippen LogP contribution in [0.5, 0.6) is 0 Å². The molecule has 22 heavy (non-hydrogen) atoms. The van der Waals surface area contributed by atoms with Crippen LogP contribution >= 0.6 is 0 Å². The molecule has 0 saturated carbocycles. The first kappa shape index (κ1) is 12.9. The van der Waals surface area contributed by atoms with Gasteiger partial charge in [0.15, 0.2) is 0 Å². The van der Waals surface area contributed by atoms with E-state index in [1.54, 1.807) is 0 Å². The lowest BCUT2D eigenvalue weighted by molar-refractivity contribution is -0.118. The first-order valence-electron chi connectivity index (χ1n) is 7.38. The van der Waals surface area contributed by atoms with Crippen molar-refractivity contribution in [3.05, 3.63) is 77.7 Å². The van der Waals surface area contributed by atoms with Crippen LogP contribution in [0.1, 0.15) is 24.2 Å². The van der Waals surface area contributed by atoms with Crippen molar-refractivity contribution < 1.29 is 9.21 Å². The fraction of sp³-hybridized carbons (Fsp3) is 0.105. The van der Waals surface area contributed by atoms with Crippen molar-refractivity contribution >= 4 is 22.4 Å². The molecule has 1 aliphatic rings. The van der Waals surface area contributed by atoms with Crippen molar-refractivity contribution in [1.82, 2.24) is 5.32 Å². The zero-order chi connectivity index (χ0) is 14.9. The van der Waals surface area contributed by atoms with Gasteiger partial charge in [0.25, 0.3) is 0 Å². The summed E-state index contributed by atoms with van der Waals surface area (Å²) in [5.41, 5.74) is 3.83. The molecule has 4 rings (SSSR count). The van der Waals surface area contributed by atoms with Crippen molar-refractivity contribution in [2.45, 2.75) is 12.8 Å². The number of amides is 1. The highest BCUT2D eigenvalue weighted by Crippen LogP contribution is 2.33. The Hall–Kier alpha value is -2.81. The van der Waals surface area contributed by atoms with Gasteiger partial charge in [-0.25, -0.2) is 0 Å². The lowest BCUT2D eigenvalue weighted by atomic mass is 10.00. The van der Waals surface area contributed by atoms with Crippen LogP contribution in [-0.2, 0) is 4.79 Å². The molecule has 0 spiro atoms. The van der Waals surface area contributed by atoms with E-state index in [1.165, 1.54) is 0 Å². The van der Waals surface area contributed by atoms with Crippen LogP contribution in [0.25, 0.3) is 16.5 Å². The van der Waals surface area contributed by atoms with Gasteiger partial charge in [0.2, 0.25) is 5.91 Å². The van der Waals surface area contributed by atoms with Gasteiger partial charge in [0.05, 0.1) is 0 Å². The van der Waals surface area contributed by atoms with E-state index in [2.05, 4.69) is 5.32 Å². The van der Waals surface area contributed by atoms with Gasteiger partial charge in [0.1, 0.15) is 11.3 Å². The molecule has 3 nitrogen and oxygen atoms in total. The molecular weight excluding hydrogens is 274 g/mol. The average Bonchev–Trinajstić information content (AvgIpc) is 3.15. The number of carbonyl (C=O) groups excluding carboxylic acids is 1. The molecule has 1 saturated heterocycles. The minimum atomic E-state index is 0.0690. The number of rotatable bonds is 2. The van der Waals surface area contributed by atoms with Crippen molar-refractivity contribution in [1.29, 1.82) is 0 Å². The molecule has 1 aromatic heterocycles. The van der Waals surface area contributed by atoms with Gasteiger partial charge in [-0.1, -0.05) is 48.5 Å². The van der Waals surface area contributed by atoms with E-state index in [9.17, 15) is 4.79 Å². The van der Waals surface area contributed by atoms with Crippen molar-refractivity contribution in [2.24, 2.45) is 0 Å². The zero-order valence-electron chi connectivity index (χ0n) is 12.0. The summed E-state index contributed by atoms with van der Waals surface area (Å²) >= 11 is 0. The normalized spacial score (nSPS) is 16.8. The Bertz CT molecular complexity index is 842. The van der Waals surface area contributed by atoms with Crippen LogP contribution in [0.4, 0.5) is 0 Å². The summed E-state index contributed by atoms with van der Waals surface area (Å²) in [7, 11) is 0. The molecule has 2 aromatic carbocycles. The highest BCUT2D eigenvalue weighted by Gasteiger charge is 2.22. The molecule has 0 atom stereocenters. The Morgan fingerprint density at radius 3 is 2.45 bits per heavy atom. The number of hydrogen-bond acceptors (Lipinski definition) is 2. The fourth-order valence-electron chi connectivity index (χ4n) is 2.89. The predicted octanol–water partition coefficient (Wildman–Crippen LogP) is 4.10. The van der Waals surface area contributed by atoms with E-state index in [1.807, 2.05) is 60.7 Å². The average molecular weight is 289 g/mol. The van der Waals surface area contributed by atoms with Gasteiger partial charge in [-0.2, -0.15) is 0 Å². The molecule has 3 heteroatoms. The molecule has 1 amide bonds. The molecular formula is C19H15NO2. The maximum atomic E-state index is 11.6. The van der Waals surface area contributed by atoms with Gasteiger partial charge in [-0.15, -0.1) is 0 Å². The SMILES string of the molecule is O=C1CC/C(=C(/c2ccccc2)c2cc3ccccc3o2)N1. The number of fused-ring (bicyclic) bond motifs is 1. The number of para-hydroxylation sites is 1. The van der Waals surface area contributed by atoms with Crippen LogP contribution in [0, 0.1) is 0 Å². The quantitative estimate of drug-likeness (QED) is 0.771. The van der Waals surface area contributed by atoms with Crippen molar-refractivity contribution in [2.75, 3.05) is 0 Å². The summed E-state index contributed by atoms with van der Waals surface area (Å²) in [5.74, 6) is 0.865. The molecule has 108 valence electrons. The standard InChI is InChI=1S/C19H15NO2/c21-18-11-10-15(20-18)19(13-6-2-1-3-7-13)17-12-14-8-4-5-9-16(14)22-17/h1-9,12H,10-11H2,(H,20,21)/b19-15+. The number of carbonyl (C=O) groups is 1. The molecule has 0 radical (unpaired) electrons. The lowest BCUT2D eigenvalue weighted by Crippen LogP contribution is -2.13. The summed E-state index contributed by atoms with van der Waals surface area (Å²) in [6.45, 7) is 0.